The molecule has 0 amide bonds. The van der Waals surface area contributed by atoms with Gasteiger partial charge in [-0.2, -0.15) is 5.26 Å². The Morgan fingerprint density at radius 3 is 2.93 bits per heavy atom. The molecule has 14 heavy (non-hydrogen) atoms. The number of methoxy groups -OCH3 is 1. The van der Waals surface area contributed by atoms with Crippen molar-refractivity contribution in [3.63, 3.8) is 0 Å². The average Bonchev–Trinajstić information content (AvgIpc) is 2.17. The predicted octanol–water partition coefficient (Wildman–Crippen LogP) is -1.15. The van der Waals surface area contributed by atoms with Crippen molar-refractivity contribution in [2.24, 2.45) is 0 Å². The van der Waals surface area contributed by atoms with Crippen LogP contribution in [0.1, 0.15) is 6.42 Å². The normalized spacial score (nSPS) is 9.43. The van der Waals surface area contributed by atoms with E-state index in [2.05, 4.69) is 9.84 Å². The van der Waals surface area contributed by atoms with Crippen LogP contribution in [0.2, 0.25) is 0 Å². The van der Waals surface area contributed by atoms with E-state index in [1.54, 1.807) is 0 Å². The highest BCUT2D eigenvalue weighted by atomic mass is 16.5. The minimum Gasteiger partial charge on any atom is -0.476 e. The van der Waals surface area contributed by atoms with E-state index in [4.69, 9.17) is 5.26 Å². The zero-order chi connectivity index (χ0) is 10.6. The largest absolute Gasteiger partial charge is 0.476 e. The molecule has 0 saturated carbocycles. The molecule has 1 N–H and O–H groups in total. The van der Waals surface area contributed by atoms with Gasteiger partial charge in [-0.1, -0.05) is 0 Å². The third-order valence-corrected chi connectivity index (χ3v) is 1.49. The lowest BCUT2D eigenvalue weighted by Gasteiger charge is -2.01. The Kier molecular flexibility index (Phi) is 3.01. The first kappa shape index (κ1) is 9.98. The second-order valence-corrected chi connectivity index (χ2v) is 2.40. The highest BCUT2D eigenvalue weighted by Crippen LogP contribution is 1.90. The number of aromatic nitrogens is 3. The van der Waals surface area contributed by atoms with Gasteiger partial charge in [-0.25, -0.2) is 9.48 Å². The standard InChI is InChI=1S/C7H8N4O3/c1-14-6-5(12)9-7(13)11(10-6)4-2-3-8/h2,4H2,1H3,(H,9,12,13). The van der Waals surface area contributed by atoms with E-state index in [-0.39, 0.29) is 18.8 Å². The molecule has 1 aromatic rings. The van der Waals surface area contributed by atoms with Crippen molar-refractivity contribution >= 4 is 0 Å². The van der Waals surface area contributed by atoms with Crippen molar-refractivity contribution in [2.45, 2.75) is 13.0 Å². The van der Waals surface area contributed by atoms with E-state index >= 15 is 0 Å². The summed E-state index contributed by atoms with van der Waals surface area (Å²) in [7, 11) is 1.27. The van der Waals surface area contributed by atoms with Crippen LogP contribution >= 0.6 is 0 Å². The lowest BCUT2D eigenvalue weighted by atomic mass is 10.5. The molecule has 1 heterocycles. The Hall–Kier alpha value is -2.10. The summed E-state index contributed by atoms with van der Waals surface area (Å²) in [6, 6.07) is 1.86. The first-order chi connectivity index (χ1) is 6.69. The third-order valence-electron chi connectivity index (χ3n) is 1.49. The Balaban J connectivity index is 3.13. The molecule has 7 nitrogen and oxygen atoms in total. The monoisotopic (exact) mass is 196 g/mol. The second kappa shape index (κ2) is 4.23. The Labute approximate surface area is 78.6 Å². The quantitative estimate of drug-likeness (QED) is 0.658. The van der Waals surface area contributed by atoms with E-state index in [9.17, 15) is 9.59 Å². The van der Waals surface area contributed by atoms with Crippen LogP contribution in [0.3, 0.4) is 0 Å². The van der Waals surface area contributed by atoms with Gasteiger partial charge in [-0.15, -0.1) is 5.10 Å². The van der Waals surface area contributed by atoms with E-state index in [0.717, 1.165) is 4.68 Å². The van der Waals surface area contributed by atoms with Gasteiger partial charge in [0.15, 0.2) is 0 Å². The fraction of sp³-hybridized carbons (Fsp3) is 0.429. The summed E-state index contributed by atoms with van der Waals surface area (Å²) < 4.78 is 5.60. The lowest BCUT2D eigenvalue weighted by molar-refractivity contribution is 0.364. The molecule has 7 heteroatoms. The van der Waals surface area contributed by atoms with E-state index in [1.165, 1.54) is 7.11 Å². The van der Waals surface area contributed by atoms with Gasteiger partial charge in [-0.05, 0) is 0 Å². The van der Waals surface area contributed by atoms with Crippen LogP contribution in [0.25, 0.3) is 0 Å². The van der Waals surface area contributed by atoms with E-state index in [1.807, 2.05) is 11.1 Å². The Morgan fingerprint density at radius 2 is 2.36 bits per heavy atom. The van der Waals surface area contributed by atoms with Crippen molar-refractivity contribution in [3.05, 3.63) is 20.8 Å². The number of rotatable bonds is 3. The topological polar surface area (TPSA) is 101 Å². The van der Waals surface area contributed by atoms with Crippen LogP contribution in [0.15, 0.2) is 9.59 Å². The maximum Gasteiger partial charge on any atom is 0.345 e. The summed E-state index contributed by atoms with van der Waals surface area (Å²) in [4.78, 5) is 24.1. The van der Waals surface area contributed by atoms with Crippen LogP contribution < -0.4 is 16.0 Å². The van der Waals surface area contributed by atoms with Gasteiger partial charge in [0.05, 0.1) is 26.1 Å². The summed E-state index contributed by atoms with van der Waals surface area (Å²) in [5.74, 6) is -0.192. The number of aryl methyl sites for hydroxylation is 1. The highest BCUT2D eigenvalue weighted by Gasteiger charge is 2.05. The Bertz CT molecular complexity index is 467. The van der Waals surface area contributed by atoms with Gasteiger partial charge >= 0.3 is 11.2 Å². The number of nitriles is 1. The van der Waals surface area contributed by atoms with Crippen molar-refractivity contribution in [1.29, 1.82) is 5.26 Å². The summed E-state index contributed by atoms with van der Waals surface area (Å²) in [6.45, 7) is 0.127. The number of ether oxygens (including phenoxy) is 1. The summed E-state index contributed by atoms with van der Waals surface area (Å²) in [5, 5.41) is 11.9. The minimum atomic E-state index is -0.675. The van der Waals surface area contributed by atoms with Crippen LogP contribution in [0, 0.1) is 11.3 Å². The third kappa shape index (κ3) is 1.98. The molecule has 0 saturated heterocycles. The Morgan fingerprint density at radius 1 is 1.64 bits per heavy atom. The maximum atomic E-state index is 11.1. The summed E-state index contributed by atoms with van der Waals surface area (Å²) >= 11 is 0. The van der Waals surface area contributed by atoms with Gasteiger partial charge in [0, 0.05) is 0 Å². The van der Waals surface area contributed by atoms with Crippen molar-refractivity contribution in [3.8, 4) is 11.9 Å². The molecule has 0 radical (unpaired) electrons. The van der Waals surface area contributed by atoms with Crippen LogP contribution in [0.5, 0.6) is 5.88 Å². The molecule has 0 aliphatic carbocycles. The van der Waals surface area contributed by atoms with Crippen molar-refractivity contribution in [1.82, 2.24) is 14.8 Å². The van der Waals surface area contributed by atoms with Crippen molar-refractivity contribution in [2.75, 3.05) is 7.11 Å². The van der Waals surface area contributed by atoms with Crippen LogP contribution in [-0.4, -0.2) is 21.9 Å². The van der Waals surface area contributed by atoms with Crippen LogP contribution in [0.4, 0.5) is 0 Å². The molecule has 0 unspecified atom stereocenters. The SMILES string of the molecule is COc1nn(CCC#N)c(=O)[nH]c1=O. The number of nitrogens with one attached hydrogen (secondary N) is 1. The molecule has 0 aliphatic rings. The van der Waals surface area contributed by atoms with Gasteiger partial charge in [0.2, 0.25) is 0 Å². The van der Waals surface area contributed by atoms with Gasteiger partial charge in [-0.3, -0.25) is 9.78 Å². The number of hydrogen-bond acceptors (Lipinski definition) is 5. The summed E-state index contributed by atoms with van der Waals surface area (Å²) in [5.41, 5.74) is -1.32. The maximum absolute atomic E-state index is 11.1. The van der Waals surface area contributed by atoms with Gasteiger partial charge in [0.1, 0.15) is 0 Å². The molecule has 74 valence electrons. The molecule has 1 rings (SSSR count). The summed E-state index contributed by atoms with van der Waals surface area (Å²) in [6.07, 6.45) is 0.141. The predicted molar refractivity (Wildman–Crippen MR) is 45.9 cm³/mol. The minimum absolute atomic E-state index is 0.127. The number of H-pyrrole nitrogens is 1. The zero-order valence-corrected chi connectivity index (χ0v) is 7.48. The molecule has 1 aromatic heterocycles. The molecule has 0 aromatic carbocycles. The smallest absolute Gasteiger partial charge is 0.345 e. The number of aromatic amines is 1. The molecular weight excluding hydrogens is 188 g/mol. The first-order valence-electron chi connectivity index (χ1n) is 3.81. The molecule has 0 fully saturated rings. The van der Waals surface area contributed by atoms with E-state index in [0.29, 0.717) is 0 Å². The highest BCUT2D eigenvalue weighted by molar-refractivity contribution is 4.99. The fourth-order valence-corrected chi connectivity index (χ4v) is 0.857. The zero-order valence-electron chi connectivity index (χ0n) is 7.48. The molecule has 0 bridgehead atoms. The molecule has 0 atom stereocenters. The number of hydrogen-bond donors (Lipinski definition) is 1. The lowest BCUT2D eigenvalue weighted by Crippen LogP contribution is -2.33. The first-order valence-corrected chi connectivity index (χ1v) is 3.81. The average molecular weight is 196 g/mol. The van der Waals surface area contributed by atoms with E-state index < -0.39 is 11.2 Å². The molecule has 0 spiro atoms. The van der Waals surface area contributed by atoms with Crippen LogP contribution in [-0.2, 0) is 6.54 Å². The second-order valence-electron chi connectivity index (χ2n) is 2.40. The number of nitrogens with zero attached hydrogens (tertiary/aromatic N) is 3. The fourth-order valence-electron chi connectivity index (χ4n) is 0.857. The van der Waals surface area contributed by atoms with Crippen molar-refractivity contribution < 1.29 is 4.74 Å². The van der Waals surface area contributed by atoms with Gasteiger partial charge < -0.3 is 4.74 Å². The van der Waals surface area contributed by atoms with Gasteiger partial charge in [0.25, 0.3) is 5.88 Å². The molecular formula is C7H8N4O3. The molecule has 0 aliphatic heterocycles.